The van der Waals surface area contributed by atoms with Crippen LogP contribution in [0.1, 0.15) is 38.0 Å². The van der Waals surface area contributed by atoms with Gasteiger partial charge < -0.3 is 19.6 Å². The summed E-state index contributed by atoms with van der Waals surface area (Å²) in [6.07, 6.45) is 2.23. The second-order valence-electron chi connectivity index (χ2n) is 3.80. The van der Waals surface area contributed by atoms with E-state index in [2.05, 4.69) is 5.32 Å². The predicted molar refractivity (Wildman–Crippen MR) is 63.1 cm³/mol. The van der Waals surface area contributed by atoms with E-state index in [1.54, 1.807) is 12.1 Å². The van der Waals surface area contributed by atoms with E-state index in [4.69, 9.17) is 14.3 Å². The van der Waals surface area contributed by atoms with Gasteiger partial charge in [-0.15, -0.1) is 0 Å². The number of nitrogens with one attached hydrogen (secondary N) is 1. The molecule has 0 saturated heterocycles. The van der Waals surface area contributed by atoms with Gasteiger partial charge in [0.05, 0.1) is 19.3 Å². The molecular weight excluding hydrogens is 238 g/mol. The fourth-order valence-corrected chi connectivity index (χ4v) is 1.38. The van der Waals surface area contributed by atoms with E-state index in [1.165, 1.54) is 6.26 Å². The lowest BCUT2D eigenvalue weighted by atomic mass is 10.1. The van der Waals surface area contributed by atoms with Gasteiger partial charge in [0.1, 0.15) is 11.8 Å². The first-order valence-corrected chi connectivity index (χ1v) is 5.82. The molecule has 1 rings (SSSR count). The molecule has 0 aliphatic rings. The number of hydrogen-bond donors (Lipinski definition) is 2. The number of alkyl carbamates (subject to hydrolysis) is 1. The Hall–Kier alpha value is -1.98. The quantitative estimate of drug-likeness (QED) is 0.730. The molecule has 100 valence electrons. The van der Waals surface area contributed by atoms with Crippen LogP contribution in [0.25, 0.3) is 0 Å². The Balaban J connectivity index is 2.51. The highest BCUT2D eigenvalue weighted by molar-refractivity contribution is 5.71. The number of rotatable bonds is 7. The Morgan fingerprint density at radius 3 is 2.89 bits per heavy atom. The van der Waals surface area contributed by atoms with Gasteiger partial charge in [-0.3, -0.25) is 4.79 Å². The average Bonchev–Trinajstić information content (AvgIpc) is 2.81. The van der Waals surface area contributed by atoms with Crippen LogP contribution < -0.4 is 5.32 Å². The predicted octanol–water partition coefficient (Wildman–Crippen LogP) is 2.32. The zero-order valence-corrected chi connectivity index (χ0v) is 10.2. The SMILES string of the molecule is CCCCOC(=O)NC(CC(=O)O)c1ccco1. The number of aliphatic carboxylic acids is 1. The molecule has 18 heavy (non-hydrogen) atoms. The van der Waals surface area contributed by atoms with Crippen LogP contribution in [0.5, 0.6) is 0 Å². The van der Waals surface area contributed by atoms with Crippen molar-refractivity contribution in [2.75, 3.05) is 6.61 Å². The van der Waals surface area contributed by atoms with Crippen molar-refractivity contribution in [1.29, 1.82) is 0 Å². The highest BCUT2D eigenvalue weighted by atomic mass is 16.5. The van der Waals surface area contributed by atoms with Crippen molar-refractivity contribution in [3.8, 4) is 0 Å². The molecule has 0 radical (unpaired) electrons. The van der Waals surface area contributed by atoms with Gasteiger partial charge in [-0.1, -0.05) is 13.3 Å². The minimum absolute atomic E-state index is 0.254. The topological polar surface area (TPSA) is 88.8 Å². The number of carbonyl (C=O) groups excluding carboxylic acids is 1. The summed E-state index contributed by atoms with van der Waals surface area (Å²) in [5.74, 6) is -0.630. The van der Waals surface area contributed by atoms with Gasteiger partial charge in [0.25, 0.3) is 0 Å². The third-order valence-corrected chi connectivity index (χ3v) is 2.29. The van der Waals surface area contributed by atoms with Crippen LogP contribution in [0, 0.1) is 0 Å². The number of amides is 1. The zero-order chi connectivity index (χ0) is 13.4. The molecule has 1 aromatic heterocycles. The number of ether oxygens (including phenoxy) is 1. The van der Waals surface area contributed by atoms with Crippen molar-refractivity contribution in [3.05, 3.63) is 24.2 Å². The number of unbranched alkanes of at least 4 members (excludes halogenated alkanes) is 1. The molecular formula is C12H17NO5. The Morgan fingerprint density at radius 1 is 1.56 bits per heavy atom. The molecule has 1 unspecified atom stereocenters. The lowest BCUT2D eigenvalue weighted by Crippen LogP contribution is -2.30. The van der Waals surface area contributed by atoms with Crippen molar-refractivity contribution >= 4 is 12.1 Å². The zero-order valence-electron chi connectivity index (χ0n) is 10.2. The Morgan fingerprint density at radius 2 is 2.33 bits per heavy atom. The molecule has 6 heteroatoms. The summed E-state index contributed by atoms with van der Waals surface area (Å²) < 4.78 is 10.00. The summed E-state index contributed by atoms with van der Waals surface area (Å²) in [4.78, 5) is 22.2. The fraction of sp³-hybridized carbons (Fsp3) is 0.500. The van der Waals surface area contributed by atoms with Gasteiger partial charge in [-0.05, 0) is 18.6 Å². The molecule has 2 N–H and O–H groups in total. The summed E-state index contributed by atoms with van der Waals surface area (Å²) in [5, 5.41) is 11.2. The maximum Gasteiger partial charge on any atom is 0.407 e. The van der Waals surface area contributed by atoms with Crippen molar-refractivity contribution < 1.29 is 23.8 Å². The van der Waals surface area contributed by atoms with Crippen molar-refractivity contribution in [2.24, 2.45) is 0 Å². The smallest absolute Gasteiger partial charge is 0.407 e. The number of carboxylic acids is 1. The summed E-state index contributed by atoms with van der Waals surface area (Å²) in [6, 6.07) is 2.53. The molecule has 6 nitrogen and oxygen atoms in total. The molecule has 1 amide bonds. The number of carboxylic acid groups (broad SMARTS) is 1. The maximum absolute atomic E-state index is 11.4. The van der Waals surface area contributed by atoms with E-state index in [0.29, 0.717) is 12.4 Å². The van der Waals surface area contributed by atoms with Gasteiger partial charge in [-0.2, -0.15) is 0 Å². The first kappa shape index (κ1) is 14.1. The van der Waals surface area contributed by atoms with Crippen LogP contribution >= 0.6 is 0 Å². The van der Waals surface area contributed by atoms with Gasteiger partial charge in [0.2, 0.25) is 0 Å². The molecule has 0 aliphatic carbocycles. The third kappa shape index (κ3) is 4.90. The first-order valence-electron chi connectivity index (χ1n) is 5.82. The van der Waals surface area contributed by atoms with E-state index >= 15 is 0 Å². The number of furan rings is 1. The molecule has 1 heterocycles. The van der Waals surface area contributed by atoms with Crippen molar-refractivity contribution in [1.82, 2.24) is 5.32 Å². The molecule has 0 saturated carbocycles. The van der Waals surface area contributed by atoms with E-state index in [-0.39, 0.29) is 6.42 Å². The minimum atomic E-state index is -1.02. The van der Waals surface area contributed by atoms with E-state index < -0.39 is 18.1 Å². The van der Waals surface area contributed by atoms with Gasteiger partial charge in [0, 0.05) is 0 Å². The second kappa shape index (κ2) is 7.37. The Kier molecular flexibility index (Phi) is 5.76. The van der Waals surface area contributed by atoms with Crippen LogP contribution in [-0.2, 0) is 9.53 Å². The first-order chi connectivity index (χ1) is 8.63. The highest BCUT2D eigenvalue weighted by Crippen LogP contribution is 2.17. The van der Waals surface area contributed by atoms with E-state index in [0.717, 1.165) is 12.8 Å². The summed E-state index contributed by atoms with van der Waals surface area (Å²) in [6.45, 7) is 2.30. The molecule has 0 bridgehead atoms. The largest absolute Gasteiger partial charge is 0.481 e. The normalized spacial score (nSPS) is 11.8. The van der Waals surface area contributed by atoms with Gasteiger partial charge in [-0.25, -0.2) is 4.79 Å². The minimum Gasteiger partial charge on any atom is -0.481 e. The summed E-state index contributed by atoms with van der Waals surface area (Å²) in [5.41, 5.74) is 0. The van der Waals surface area contributed by atoms with Gasteiger partial charge in [0.15, 0.2) is 0 Å². The van der Waals surface area contributed by atoms with E-state index in [9.17, 15) is 9.59 Å². The van der Waals surface area contributed by atoms with Crippen LogP contribution in [-0.4, -0.2) is 23.8 Å². The lowest BCUT2D eigenvalue weighted by Gasteiger charge is -2.14. The van der Waals surface area contributed by atoms with Crippen molar-refractivity contribution in [3.63, 3.8) is 0 Å². The molecule has 0 spiro atoms. The number of carbonyl (C=O) groups is 2. The summed E-state index contributed by atoms with van der Waals surface area (Å²) in [7, 11) is 0. The maximum atomic E-state index is 11.4. The molecule has 1 aromatic rings. The standard InChI is InChI=1S/C12H17NO5/c1-2-3-6-18-12(16)13-9(8-11(14)15)10-5-4-7-17-10/h4-5,7,9H,2-3,6,8H2,1H3,(H,13,16)(H,14,15). The third-order valence-electron chi connectivity index (χ3n) is 2.29. The van der Waals surface area contributed by atoms with Crippen LogP contribution in [0.2, 0.25) is 0 Å². The number of hydrogen-bond acceptors (Lipinski definition) is 4. The summed E-state index contributed by atoms with van der Waals surface area (Å²) >= 11 is 0. The molecule has 1 atom stereocenters. The van der Waals surface area contributed by atoms with Crippen molar-refractivity contribution in [2.45, 2.75) is 32.2 Å². The molecule has 0 aliphatic heterocycles. The second-order valence-corrected chi connectivity index (χ2v) is 3.80. The van der Waals surface area contributed by atoms with Crippen LogP contribution in [0.3, 0.4) is 0 Å². The van der Waals surface area contributed by atoms with Crippen LogP contribution in [0.4, 0.5) is 4.79 Å². The average molecular weight is 255 g/mol. The molecule has 0 aromatic carbocycles. The van der Waals surface area contributed by atoms with Crippen LogP contribution in [0.15, 0.2) is 22.8 Å². The Labute approximate surface area is 105 Å². The highest BCUT2D eigenvalue weighted by Gasteiger charge is 2.20. The Bertz CT molecular complexity index is 374. The lowest BCUT2D eigenvalue weighted by molar-refractivity contribution is -0.137. The monoisotopic (exact) mass is 255 g/mol. The fourth-order valence-electron chi connectivity index (χ4n) is 1.38. The molecule has 0 fully saturated rings. The van der Waals surface area contributed by atoms with Gasteiger partial charge >= 0.3 is 12.1 Å². The van der Waals surface area contributed by atoms with E-state index in [1.807, 2.05) is 6.92 Å².